The molecule has 1 fully saturated rings. The molecular formula is C16H13F3N4. The summed E-state index contributed by atoms with van der Waals surface area (Å²) in [6.07, 6.45) is 1.07. The molecular weight excluding hydrogens is 305 g/mol. The van der Waals surface area contributed by atoms with Crippen molar-refractivity contribution in [2.24, 2.45) is 0 Å². The van der Waals surface area contributed by atoms with Gasteiger partial charge in [0, 0.05) is 43.2 Å². The van der Waals surface area contributed by atoms with Crippen LogP contribution in [0, 0.1) is 0 Å². The highest BCUT2D eigenvalue weighted by Gasteiger charge is 2.30. The van der Waals surface area contributed by atoms with Crippen LogP contribution in [0.25, 0.3) is 16.9 Å². The van der Waals surface area contributed by atoms with Crippen LogP contribution in [-0.2, 0) is 6.18 Å². The second-order valence-electron chi connectivity index (χ2n) is 5.60. The first kappa shape index (κ1) is 14.2. The van der Waals surface area contributed by atoms with Gasteiger partial charge in [-0.05, 0) is 12.1 Å². The number of nitrogens with one attached hydrogen (secondary N) is 1. The lowest BCUT2D eigenvalue weighted by Gasteiger charge is -2.27. The third-order valence-electron chi connectivity index (χ3n) is 4.08. The number of aromatic nitrogens is 3. The van der Waals surface area contributed by atoms with Gasteiger partial charge in [-0.15, -0.1) is 0 Å². The molecule has 7 heteroatoms. The molecule has 1 N–H and O–H groups in total. The molecule has 0 spiro atoms. The zero-order valence-corrected chi connectivity index (χ0v) is 12.0. The van der Waals surface area contributed by atoms with Crippen molar-refractivity contribution >= 4 is 5.65 Å². The first-order valence-electron chi connectivity index (χ1n) is 7.24. The van der Waals surface area contributed by atoms with Crippen LogP contribution in [-0.4, -0.2) is 27.5 Å². The van der Waals surface area contributed by atoms with Crippen LogP contribution in [0.5, 0.6) is 0 Å². The van der Waals surface area contributed by atoms with Gasteiger partial charge in [0.15, 0.2) is 5.65 Å². The zero-order chi connectivity index (χ0) is 16.0. The Kier molecular flexibility index (Phi) is 3.12. The number of hydrogen-bond donors (Lipinski definition) is 1. The molecule has 118 valence electrons. The number of benzene rings is 1. The Hall–Kier alpha value is -2.41. The van der Waals surface area contributed by atoms with Crippen LogP contribution in [0.2, 0.25) is 0 Å². The summed E-state index contributed by atoms with van der Waals surface area (Å²) in [5, 5.41) is 3.20. The van der Waals surface area contributed by atoms with E-state index in [1.165, 1.54) is 12.1 Å². The van der Waals surface area contributed by atoms with Crippen LogP contribution in [0.1, 0.15) is 17.2 Å². The topological polar surface area (TPSA) is 42.2 Å². The molecule has 0 amide bonds. The molecule has 3 heterocycles. The average molecular weight is 318 g/mol. The Morgan fingerprint density at radius 2 is 1.87 bits per heavy atom. The molecule has 4 nitrogen and oxygen atoms in total. The molecule has 3 aromatic rings. The molecule has 0 unspecified atom stereocenters. The van der Waals surface area contributed by atoms with Crippen molar-refractivity contribution in [3.63, 3.8) is 0 Å². The molecule has 0 atom stereocenters. The summed E-state index contributed by atoms with van der Waals surface area (Å²) in [4.78, 5) is 8.93. The van der Waals surface area contributed by atoms with Gasteiger partial charge in [0.05, 0.1) is 11.3 Å². The molecule has 0 bridgehead atoms. The van der Waals surface area contributed by atoms with Crippen LogP contribution in [0.15, 0.2) is 42.9 Å². The van der Waals surface area contributed by atoms with Crippen molar-refractivity contribution in [1.29, 1.82) is 0 Å². The van der Waals surface area contributed by atoms with E-state index in [-0.39, 0.29) is 0 Å². The molecule has 1 saturated heterocycles. The number of imidazole rings is 1. The average Bonchev–Trinajstić information content (AvgIpc) is 2.92. The summed E-state index contributed by atoms with van der Waals surface area (Å²) in [6, 6.07) is 5.05. The van der Waals surface area contributed by atoms with Crippen molar-refractivity contribution in [2.75, 3.05) is 13.1 Å². The Bertz CT molecular complexity index is 848. The Morgan fingerprint density at radius 3 is 2.48 bits per heavy atom. The number of fused-ring (bicyclic) bond motifs is 1. The molecule has 0 radical (unpaired) electrons. The van der Waals surface area contributed by atoms with E-state index in [0.717, 1.165) is 30.9 Å². The van der Waals surface area contributed by atoms with E-state index in [9.17, 15) is 13.2 Å². The van der Waals surface area contributed by atoms with Gasteiger partial charge in [-0.1, -0.05) is 12.1 Å². The van der Waals surface area contributed by atoms with Gasteiger partial charge in [-0.3, -0.25) is 0 Å². The fourth-order valence-corrected chi connectivity index (χ4v) is 2.66. The van der Waals surface area contributed by atoms with E-state index >= 15 is 0 Å². The van der Waals surface area contributed by atoms with Crippen LogP contribution >= 0.6 is 0 Å². The number of alkyl halides is 3. The fourth-order valence-electron chi connectivity index (χ4n) is 2.66. The summed E-state index contributed by atoms with van der Waals surface area (Å²) in [5.41, 5.74) is 2.13. The highest BCUT2D eigenvalue weighted by Crippen LogP contribution is 2.32. The normalized spacial score (nSPS) is 15.8. The summed E-state index contributed by atoms with van der Waals surface area (Å²) in [6.45, 7) is 1.72. The van der Waals surface area contributed by atoms with Crippen molar-refractivity contribution in [1.82, 2.24) is 19.7 Å². The van der Waals surface area contributed by atoms with E-state index in [0.29, 0.717) is 22.8 Å². The maximum Gasteiger partial charge on any atom is 0.416 e. The Balaban J connectivity index is 1.82. The quantitative estimate of drug-likeness (QED) is 0.789. The fraction of sp³-hybridized carbons (Fsp3) is 0.250. The van der Waals surface area contributed by atoms with E-state index < -0.39 is 11.7 Å². The molecule has 0 saturated carbocycles. The lowest BCUT2D eigenvalue weighted by atomic mass is 9.99. The minimum absolute atomic E-state index is 0.329. The number of halogens is 3. The van der Waals surface area contributed by atoms with Crippen molar-refractivity contribution in [3.8, 4) is 11.3 Å². The van der Waals surface area contributed by atoms with E-state index in [1.54, 1.807) is 6.20 Å². The lowest BCUT2D eigenvalue weighted by Crippen LogP contribution is -2.40. The first-order chi connectivity index (χ1) is 11.0. The molecule has 0 aliphatic carbocycles. The van der Waals surface area contributed by atoms with Crippen LogP contribution < -0.4 is 5.32 Å². The third-order valence-corrected chi connectivity index (χ3v) is 4.08. The van der Waals surface area contributed by atoms with Crippen LogP contribution in [0.4, 0.5) is 13.2 Å². The van der Waals surface area contributed by atoms with E-state index in [1.807, 2.05) is 16.8 Å². The molecule has 1 aliphatic rings. The van der Waals surface area contributed by atoms with Crippen molar-refractivity contribution in [3.05, 3.63) is 54.1 Å². The van der Waals surface area contributed by atoms with Gasteiger partial charge in [0.25, 0.3) is 0 Å². The highest BCUT2D eigenvalue weighted by atomic mass is 19.4. The maximum atomic E-state index is 12.7. The van der Waals surface area contributed by atoms with Gasteiger partial charge in [-0.2, -0.15) is 13.2 Å². The summed E-state index contributed by atoms with van der Waals surface area (Å²) >= 11 is 0. The second-order valence-corrected chi connectivity index (χ2v) is 5.60. The largest absolute Gasteiger partial charge is 0.416 e. The Labute approximate surface area is 130 Å². The minimum atomic E-state index is -4.34. The molecule has 1 aromatic carbocycles. The third kappa shape index (κ3) is 2.46. The van der Waals surface area contributed by atoms with Crippen molar-refractivity contribution < 1.29 is 13.2 Å². The molecule has 4 rings (SSSR count). The predicted molar refractivity (Wildman–Crippen MR) is 79.0 cm³/mol. The Morgan fingerprint density at radius 1 is 1.13 bits per heavy atom. The predicted octanol–water partition coefficient (Wildman–Crippen LogP) is 3.10. The van der Waals surface area contributed by atoms with Crippen molar-refractivity contribution in [2.45, 2.75) is 12.1 Å². The SMILES string of the molecule is FC(F)(F)c1ccc(-c2nc(C3CNC3)cn3ccnc23)cc1. The van der Waals surface area contributed by atoms with Gasteiger partial charge in [-0.25, -0.2) is 9.97 Å². The standard InChI is InChI=1S/C16H13F3N4/c17-16(18,19)12-3-1-10(2-4-12)14-15-21-5-6-23(15)9-13(22-14)11-7-20-8-11/h1-6,9,11,20H,7-8H2. The lowest BCUT2D eigenvalue weighted by molar-refractivity contribution is -0.137. The van der Waals surface area contributed by atoms with Crippen LogP contribution in [0.3, 0.4) is 0 Å². The smallest absolute Gasteiger partial charge is 0.315 e. The zero-order valence-electron chi connectivity index (χ0n) is 12.0. The summed E-state index contributed by atoms with van der Waals surface area (Å²) in [7, 11) is 0. The molecule has 23 heavy (non-hydrogen) atoms. The number of nitrogens with zero attached hydrogens (tertiary/aromatic N) is 3. The number of rotatable bonds is 2. The van der Waals surface area contributed by atoms with Gasteiger partial charge < -0.3 is 9.72 Å². The summed E-state index contributed by atoms with van der Waals surface area (Å²) in [5.74, 6) is 0.329. The highest BCUT2D eigenvalue weighted by molar-refractivity contribution is 5.74. The van der Waals surface area contributed by atoms with Gasteiger partial charge >= 0.3 is 6.18 Å². The second kappa shape index (κ2) is 5.06. The van der Waals surface area contributed by atoms with E-state index in [4.69, 9.17) is 0 Å². The van der Waals surface area contributed by atoms with Gasteiger partial charge in [0.2, 0.25) is 0 Å². The minimum Gasteiger partial charge on any atom is -0.315 e. The summed E-state index contributed by atoms with van der Waals surface area (Å²) < 4.78 is 40.0. The number of hydrogen-bond acceptors (Lipinski definition) is 3. The monoisotopic (exact) mass is 318 g/mol. The molecule has 1 aliphatic heterocycles. The van der Waals surface area contributed by atoms with E-state index in [2.05, 4.69) is 15.3 Å². The maximum absolute atomic E-state index is 12.7. The first-order valence-corrected chi connectivity index (χ1v) is 7.24. The molecule has 2 aromatic heterocycles. The van der Waals surface area contributed by atoms with Gasteiger partial charge in [0.1, 0.15) is 5.69 Å².